The van der Waals surface area contributed by atoms with Crippen LogP contribution in [0, 0.1) is 22.0 Å². The third-order valence-corrected chi connectivity index (χ3v) is 4.60. The van der Waals surface area contributed by atoms with Crippen LogP contribution in [-0.2, 0) is 9.53 Å². The van der Waals surface area contributed by atoms with Crippen molar-refractivity contribution in [3.63, 3.8) is 0 Å². The number of nitro benzene ring substituents is 1. The molecule has 2 atom stereocenters. The predicted molar refractivity (Wildman–Crippen MR) is 108 cm³/mol. The van der Waals surface area contributed by atoms with E-state index in [1.807, 2.05) is 13.8 Å². The molecule has 1 aromatic carbocycles. The van der Waals surface area contributed by atoms with Crippen molar-refractivity contribution in [1.29, 1.82) is 0 Å². The van der Waals surface area contributed by atoms with Gasteiger partial charge in [-0.05, 0) is 18.4 Å². The zero-order chi connectivity index (χ0) is 21.3. The zero-order valence-electron chi connectivity index (χ0n) is 16.3. The van der Waals surface area contributed by atoms with Crippen LogP contribution < -0.4 is 11.5 Å². The lowest BCUT2D eigenvalue weighted by Gasteiger charge is -2.31. The van der Waals surface area contributed by atoms with Crippen molar-refractivity contribution in [1.82, 2.24) is 9.97 Å². The molecule has 0 saturated heterocycles. The highest BCUT2D eigenvalue weighted by molar-refractivity contribution is 6.05. The number of fused-ring (bicyclic) bond motifs is 1. The molecule has 0 bridgehead atoms. The number of nitrogen functional groups attached to an aromatic ring is 2. The summed E-state index contributed by atoms with van der Waals surface area (Å²) in [5.41, 5.74) is 13.1. The van der Waals surface area contributed by atoms with Crippen LogP contribution in [0.3, 0.4) is 0 Å². The lowest BCUT2D eigenvalue weighted by Crippen LogP contribution is -2.34. The summed E-state index contributed by atoms with van der Waals surface area (Å²) in [5.74, 6) is -1.58. The molecule has 0 aliphatic carbocycles. The van der Waals surface area contributed by atoms with E-state index < -0.39 is 22.7 Å². The van der Waals surface area contributed by atoms with Crippen LogP contribution in [0.15, 0.2) is 29.3 Å². The third kappa shape index (κ3) is 4.00. The van der Waals surface area contributed by atoms with E-state index in [4.69, 9.17) is 16.2 Å². The van der Waals surface area contributed by atoms with Gasteiger partial charge < -0.3 is 16.2 Å². The number of aromatic nitrogens is 2. The van der Waals surface area contributed by atoms with E-state index in [1.165, 1.54) is 12.1 Å². The van der Waals surface area contributed by atoms with E-state index >= 15 is 0 Å². The third-order valence-electron chi connectivity index (χ3n) is 4.60. The standard InChI is InChI=1S/C19H22N6O4/c1-9(2)8-29-18(26)13-10(3)22-17-15(16(20)23-19(21)24-17)14(13)11-5-4-6-12(7-11)25(27)28/h4-7,9,13-14H,8H2,1-3H3,(H4,20,21,23,24). The number of ether oxygens (including phenoxy) is 1. The minimum absolute atomic E-state index is 0.0450. The van der Waals surface area contributed by atoms with Gasteiger partial charge in [-0.3, -0.25) is 14.9 Å². The highest BCUT2D eigenvalue weighted by atomic mass is 16.6. The minimum Gasteiger partial charge on any atom is -0.465 e. The summed E-state index contributed by atoms with van der Waals surface area (Å²) in [7, 11) is 0. The summed E-state index contributed by atoms with van der Waals surface area (Å²) in [5, 5.41) is 11.3. The molecule has 3 rings (SSSR count). The van der Waals surface area contributed by atoms with Gasteiger partial charge in [0.2, 0.25) is 5.95 Å². The molecule has 1 aliphatic rings. The van der Waals surface area contributed by atoms with E-state index in [2.05, 4.69) is 15.0 Å². The van der Waals surface area contributed by atoms with Crippen molar-refractivity contribution in [2.45, 2.75) is 26.7 Å². The summed E-state index contributed by atoms with van der Waals surface area (Å²) in [6.45, 7) is 5.78. The first kappa shape index (κ1) is 20.2. The van der Waals surface area contributed by atoms with Crippen LogP contribution in [-0.4, -0.2) is 33.2 Å². The molecule has 10 heteroatoms. The minimum atomic E-state index is -0.822. The first-order chi connectivity index (χ1) is 13.7. The van der Waals surface area contributed by atoms with Gasteiger partial charge in [-0.2, -0.15) is 9.97 Å². The normalized spacial score (nSPS) is 18.1. The quantitative estimate of drug-likeness (QED) is 0.441. The average molecular weight is 398 g/mol. The van der Waals surface area contributed by atoms with E-state index in [-0.39, 0.29) is 35.8 Å². The summed E-state index contributed by atoms with van der Waals surface area (Å²) < 4.78 is 5.46. The number of nitrogens with zero attached hydrogens (tertiary/aromatic N) is 4. The van der Waals surface area contributed by atoms with Crippen molar-refractivity contribution in [2.75, 3.05) is 18.1 Å². The fraction of sp³-hybridized carbons (Fsp3) is 0.368. The Morgan fingerprint density at radius 3 is 2.69 bits per heavy atom. The Morgan fingerprint density at radius 1 is 1.31 bits per heavy atom. The molecule has 1 aromatic heterocycles. The van der Waals surface area contributed by atoms with Crippen LogP contribution >= 0.6 is 0 Å². The molecular formula is C19H22N6O4. The van der Waals surface area contributed by atoms with Gasteiger partial charge in [0.15, 0.2) is 5.82 Å². The molecule has 152 valence electrons. The van der Waals surface area contributed by atoms with Crippen LogP contribution in [0.1, 0.15) is 37.8 Å². The molecule has 0 fully saturated rings. The van der Waals surface area contributed by atoms with E-state index in [1.54, 1.807) is 19.1 Å². The molecule has 1 aliphatic heterocycles. The van der Waals surface area contributed by atoms with E-state index in [0.717, 1.165) is 0 Å². The first-order valence-corrected chi connectivity index (χ1v) is 9.08. The lowest BCUT2D eigenvalue weighted by molar-refractivity contribution is -0.384. The van der Waals surface area contributed by atoms with Crippen LogP contribution in [0.2, 0.25) is 0 Å². The molecule has 2 heterocycles. The Hall–Kier alpha value is -3.56. The summed E-state index contributed by atoms with van der Waals surface area (Å²) >= 11 is 0. The smallest absolute Gasteiger partial charge is 0.315 e. The molecule has 2 unspecified atom stereocenters. The van der Waals surface area contributed by atoms with Gasteiger partial charge in [0, 0.05) is 29.3 Å². The highest BCUT2D eigenvalue weighted by Gasteiger charge is 2.41. The van der Waals surface area contributed by atoms with Gasteiger partial charge in [-0.15, -0.1) is 0 Å². The van der Waals surface area contributed by atoms with E-state index in [9.17, 15) is 14.9 Å². The van der Waals surface area contributed by atoms with Crippen molar-refractivity contribution in [3.05, 3.63) is 45.5 Å². The second kappa shape index (κ2) is 7.82. The Labute approximate surface area is 167 Å². The molecule has 29 heavy (non-hydrogen) atoms. The van der Waals surface area contributed by atoms with Crippen LogP contribution in [0.4, 0.5) is 23.3 Å². The maximum Gasteiger partial charge on any atom is 0.315 e. The Balaban J connectivity index is 2.18. The van der Waals surface area contributed by atoms with Crippen LogP contribution in [0.5, 0.6) is 0 Å². The van der Waals surface area contributed by atoms with Gasteiger partial charge in [-0.1, -0.05) is 26.0 Å². The summed E-state index contributed by atoms with van der Waals surface area (Å²) in [6.07, 6.45) is 0. The number of carbonyl (C=O) groups excluding carboxylic acids is 1. The Bertz CT molecular complexity index is 1000. The van der Waals surface area contributed by atoms with Crippen molar-refractivity contribution in [3.8, 4) is 0 Å². The number of hydrogen-bond donors (Lipinski definition) is 2. The SMILES string of the molecule is CC1=Nc2nc(N)nc(N)c2C(c2cccc([N+](=O)[O-])c2)C1C(=O)OCC(C)C. The van der Waals surface area contributed by atoms with Gasteiger partial charge in [0.05, 0.1) is 11.5 Å². The number of rotatable bonds is 5. The fourth-order valence-corrected chi connectivity index (χ4v) is 3.36. The topological polar surface area (TPSA) is 160 Å². The van der Waals surface area contributed by atoms with Crippen molar-refractivity contribution < 1.29 is 14.5 Å². The lowest BCUT2D eigenvalue weighted by atomic mass is 9.76. The fourth-order valence-electron chi connectivity index (χ4n) is 3.36. The molecule has 10 nitrogen and oxygen atoms in total. The molecule has 2 aromatic rings. The largest absolute Gasteiger partial charge is 0.465 e. The predicted octanol–water partition coefficient (Wildman–Crippen LogP) is 2.60. The maximum absolute atomic E-state index is 13.0. The van der Waals surface area contributed by atoms with E-state index in [0.29, 0.717) is 16.8 Å². The zero-order valence-corrected chi connectivity index (χ0v) is 16.3. The van der Waals surface area contributed by atoms with Gasteiger partial charge in [0.1, 0.15) is 11.7 Å². The number of aliphatic imine (C=N–C) groups is 1. The number of carbonyl (C=O) groups is 1. The number of anilines is 2. The number of nitrogens with two attached hydrogens (primary N) is 2. The number of esters is 1. The molecule has 0 saturated carbocycles. The molecular weight excluding hydrogens is 376 g/mol. The van der Waals surface area contributed by atoms with Crippen molar-refractivity contribution in [2.24, 2.45) is 16.8 Å². The number of non-ortho nitro benzene ring substituents is 1. The molecule has 0 amide bonds. The molecule has 0 radical (unpaired) electrons. The second-order valence-corrected chi connectivity index (χ2v) is 7.29. The van der Waals surface area contributed by atoms with Gasteiger partial charge in [-0.25, -0.2) is 4.99 Å². The number of hydrogen-bond acceptors (Lipinski definition) is 9. The summed E-state index contributed by atoms with van der Waals surface area (Å²) in [4.78, 5) is 36.3. The van der Waals surface area contributed by atoms with Crippen molar-refractivity contribution >= 4 is 35.0 Å². The average Bonchev–Trinajstić information content (AvgIpc) is 2.64. The maximum atomic E-state index is 13.0. The second-order valence-electron chi connectivity index (χ2n) is 7.29. The van der Waals surface area contributed by atoms with Gasteiger partial charge >= 0.3 is 5.97 Å². The Morgan fingerprint density at radius 2 is 2.03 bits per heavy atom. The molecule has 4 N–H and O–H groups in total. The Kier molecular flexibility index (Phi) is 5.44. The van der Waals surface area contributed by atoms with Gasteiger partial charge in [0.25, 0.3) is 5.69 Å². The molecule has 0 spiro atoms. The first-order valence-electron chi connectivity index (χ1n) is 9.08. The monoisotopic (exact) mass is 398 g/mol. The number of nitro groups is 1. The summed E-state index contributed by atoms with van der Waals surface area (Å²) in [6, 6.07) is 6.03. The number of benzene rings is 1. The van der Waals surface area contributed by atoms with Crippen LogP contribution in [0.25, 0.3) is 0 Å². The highest BCUT2D eigenvalue weighted by Crippen LogP contribution is 2.45.